The molecule has 20 heteroatoms. The molecule has 1 unspecified atom stereocenters. The smallest absolute Gasteiger partial charge is 0.327 e. The average Bonchev–Trinajstić information content (AvgIpc) is 3.88. The van der Waals surface area contributed by atoms with E-state index >= 15 is 0 Å². The first-order chi connectivity index (χ1) is 35.7. The molecule has 5 aromatic carbocycles. The summed E-state index contributed by atoms with van der Waals surface area (Å²) in [6.07, 6.45) is 3.79. The Labute approximate surface area is 436 Å². The number of methoxy groups -OCH3 is 2. The van der Waals surface area contributed by atoms with Crippen molar-refractivity contribution in [3.63, 3.8) is 0 Å². The van der Waals surface area contributed by atoms with Gasteiger partial charge >= 0.3 is 5.97 Å². The molecule has 0 spiro atoms. The topological polar surface area (TPSA) is 219 Å². The lowest BCUT2D eigenvalue weighted by Gasteiger charge is -2.24. The van der Waals surface area contributed by atoms with Gasteiger partial charge in [0.2, 0.25) is 11.8 Å². The minimum atomic E-state index is -1.17. The number of hydroxylamine groups is 1. The third-order valence-electron chi connectivity index (χ3n) is 13.1. The molecule has 5 N–H and O–H groups in total. The van der Waals surface area contributed by atoms with Crippen molar-refractivity contribution in [2.24, 2.45) is 4.99 Å². The second kappa shape index (κ2) is 22.5. The highest BCUT2D eigenvalue weighted by atomic mass is 33.1. The molecule has 3 atom stereocenters. The van der Waals surface area contributed by atoms with Crippen LogP contribution in [0, 0.1) is 0 Å². The monoisotopic (exact) mass is 1040 g/mol. The van der Waals surface area contributed by atoms with Gasteiger partial charge in [-0.3, -0.25) is 33.9 Å². The number of carbonyl (C=O) groups excluding carboxylic acids is 4. The first kappa shape index (κ1) is 51.6. The van der Waals surface area contributed by atoms with Crippen LogP contribution in [0.4, 0.5) is 28.4 Å². The molecule has 0 radical (unpaired) electrons. The molecule has 386 valence electrons. The van der Waals surface area contributed by atoms with Gasteiger partial charge in [0.15, 0.2) is 23.0 Å². The summed E-state index contributed by atoms with van der Waals surface area (Å²) in [5.41, 5.74) is 10.1. The van der Waals surface area contributed by atoms with Gasteiger partial charge in [-0.05, 0) is 91.4 Å². The van der Waals surface area contributed by atoms with E-state index in [9.17, 15) is 29.1 Å². The van der Waals surface area contributed by atoms with Crippen molar-refractivity contribution in [2.45, 2.75) is 75.6 Å². The maximum atomic E-state index is 14.1. The number of hydrogen-bond donors (Lipinski definition) is 5. The van der Waals surface area contributed by atoms with Crippen LogP contribution in [0.15, 0.2) is 96.0 Å². The zero-order valence-corrected chi connectivity index (χ0v) is 43.2. The predicted molar refractivity (Wildman–Crippen MR) is 286 cm³/mol. The van der Waals surface area contributed by atoms with Gasteiger partial charge in [-0.1, -0.05) is 58.0 Å². The third kappa shape index (κ3) is 11.4. The molecular weight excluding hydrogens is 987 g/mol. The Morgan fingerprint density at radius 2 is 1.45 bits per heavy atom. The molecule has 5 aromatic rings. The molecule has 4 amide bonds. The molecule has 4 heterocycles. The summed E-state index contributed by atoms with van der Waals surface area (Å²) < 4.78 is 24.0. The molecule has 4 aliphatic rings. The number of rotatable bonds is 21. The summed E-state index contributed by atoms with van der Waals surface area (Å²) in [6.45, 7) is 4.21. The number of fused-ring (bicyclic) bond motifs is 8. The fourth-order valence-corrected chi connectivity index (χ4v) is 12.2. The van der Waals surface area contributed by atoms with Crippen LogP contribution in [0.2, 0.25) is 0 Å². The predicted octanol–water partition coefficient (Wildman–Crippen LogP) is 7.75. The van der Waals surface area contributed by atoms with Crippen LogP contribution in [0.1, 0.15) is 69.7 Å². The lowest BCUT2D eigenvalue weighted by molar-refractivity contribution is -0.142. The number of carboxylic acid groups (broad SMARTS) is 1. The second-order valence-corrected chi connectivity index (χ2v) is 21.8. The van der Waals surface area contributed by atoms with Crippen LogP contribution < -0.4 is 50.2 Å². The summed E-state index contributed by atoms with van der Waals surface area (Å²) >= 11 is 0. The number of anilines is 4. The number of carboxylic acids is 1. The average molecular weight is 1040 g/mol. The van der Waals surface area contributed by atoms with Gasteiger partial charge in [0.05, 0.1) is 48.8 Å². The number of benzene rings is 5. The number of para-hydroxylation sites is 2. The minimum Gasteiger partial charge on any atom is -0.493 e. The van der Waals surface area contributed by atoms with Crippen LogP contribution in [-0.4, -0.2) is 104 Å². The lowest BCUT2D eigenvalue weighted by Crippen LogP contribution is -2.44. The number of nitrogens with one attached hydrogen (secondary N) is 4. The first-order valence-electron chi connectivity index (χ1n) is 24.1. The van der Waals surface area contributed by atoms with E-state index in [4.69, 9.17) is 28.8 Å². The highest BCUT2D eigenvalue weighted by molar-refractivity contribution is 8.77. The van der Waals surface area contributed by atoms with Crippen molar-refractivity contribution in [3.8, 4) is 23.0 Å². The van der Waals surface area contributed by atoms with E-state index in [1.54, 1.807) is 35.4 Å². The lowest BCUT2D eigenvalue weighted by atomic mass is 10.1. The summed E-state index contributed by atoms with van der Waals surface area (Å²) in [6, 6.07) is 26.8. The standard InChI is InChI=1S/C54H57N7O11S2/c1-54(2,74-73-30-42(53(66)67)59-50(63)29-72-55-3)15-14-49(62)58-35-17-31(27-70-47-23-40-38(21-45(47)68-4)51(64)60-36(25-56-40)19-33-10-6-8-12-43(33)60)16-32(18-35)28-71-48-24-41-39(22-46(48)69-5)52(65)61-37(26-57-41)20-34-11-7-9-13-44(34)61/h6-13,16-18,21-25,36-37,42,55,57H,14-15,19-20,26-30H2,1-5H3,(H,58,62)(H,59,63)(H,66,67)/t36-,37-,42?/m0/s1. The minimum absolute atomic E-state index is 0.0296. The van der Waals surface area contributed by atoms with Crippen LogP contribution in [0.25, 0.3) is 0 Å². The van der Waals surface area contributed by atoms with E-state index in [-0.39, 0.29) is 61.8 Å². The zero-order valence-electron chi connectivity index (χ0n) is 41.5. The molecule has 0 aliphatic carbocycles. The van der Waals surface area contributed by atoms with E-state index in [2.05, 4.69) is 27.5 Å². The van der Waals surface area contributed by atoms with E-state index in [1.165, 1.54) is 42.9 Å². The number of carbonyl (C=O) groups is 5. The number of ether oxygens (including phenoxy) is 4. The number of amides is 4. The number of hydrogen-bond acceptors (Lipinski definition) is 15. The highest BCUT2D eigenvalue weighted by Crippen LogP contribution is 2.44. The molecule has 0 bridgehead atoms. The van der Waals surface area contributed by atoms with Crippen LogP contribution in [0.3, 0.4) is 0 Å². The maximum Gasteiger partial charge on any atom is 0.327 e. The Bertz CT molecular complexity index is 3020. The quantitative estimate of drug-likeness (QED) is 0.0351. The molecule has 9 rings (SSSR count). The van der Waals surface area contributed by atoms with Crippen molar-refractivity contribution in [1.82, 2.24) is 10.8 Å². The Balaban J connectivity index is 0.922. The van der Waals surface area contributed by atoms with Crippen molar-refractivity contribution in [1.29, 1.82) is 0 Å². The van der Waals surface area contributed by atoms with E-state index in [1.807, 2.05) is 79.4 Å². The molecular formula is C54H57N7O11S2. The largest absolute Gasteiger partial charge is 0.493 e. The second-order valence-electron chi connectivity index (χ2n) is 18.7. The number of aliphatic imine (C=N–C) groups is 1. The summed E-state index contributed by atoms with van der Waals surface area (Å²) in [5, 5.41) is 18.7. The fraction of sp³-hybridized carbons (Fsp3) is 0.333. The molecule has 0 aromatic heterocycles. The third-order valence-corrected chi connectivity index (χ3v) is 16.4. The van der Waals surface area contributed by atoms with Gasteiger partial charge in [-0.15, -0.1) is 0 Å². The molecule has 74 heavy (non-hydrogen) atoms. The van der Waals surface area contributed by atoms with Crippen molar-refractivity contribution >= 4 is 85.8 Å². The Morgan fingerprint density at radius 3 is 2.12 bits per heavy atom. The van der Waals surface area contributed by atoms with Gasteiger partial charge in [-0.2, -0.15) is 0 Å². The summed E-state index contributed by atoms with van der Waals surface area (Å²) in [7, 11) is 7.26. The molecule has 0 fully saturated rings. The van der Waals surface area contributed by atoms with Crippen LogP contribution in [-0.2, 0) is 45.3 Å². The van der Waals surface area contributed by atoms with Crippen LogP contribution >= 0.6 is 21.6 Å². The fourth-order valence-electron chi connectivity index (χ4n) is 9.41. The molecule has 18 nitrogen and oxygen atoms in total. The van der Waals surface area contributed by atoms with E-state index in [0.717, 1.165) is 28.9 Å². The van der Waals surface area contributed by atoms with Gasteiger partial charge < -0.3 is 44.9 Å². The molecule has 0 saturated carbocycles. The first-order valence-corrected chi connectivity index (χ1v) is 26.4. The van der Waals surface area contributed by atoms with Gasteiger partial charge in [0.1, 0.15) is 25.9 Å². The molecule has 0 saturated heterocycles. The van der Waals surface area contributed by atoms with Crippen molar-refractivity contribution in [3.05, 3.63) is 124 Å². The normalized spacial score (nSPS) is 16.5. The molecule has 4 aliphatic heterocycles. The summed E-state index contributed by atoms with van der Waals surface area (Å²) in [4.78, 5) is 79.1. The zero-order chi connectivity index (χ0) is 52.1. The number of nitrogens with zero attached hydrogens (tertiary/aromatic N) is 3. The maximum absolute atomic E-state index is 14.1. The van der Waals surface area contributed by atoms with Gasteiger partial charge in [-0.25, -0.2) is 10.3 Å². The highest BCUT2D eigenvalue weighted by Gasteiger charge is 2.39. The number of aliphatic carboxylic acids is 1. The van der Waals surface area contributed by atoms with E-state index < -0.39 is 22.7 Å². The van der Waals surface area contributed by atoms with E-state index in [0.29, 0.717) is 81.7 Å². The van der Waals surface area contributed by atoms with Crippen molar-refractivity contribution < 1.29 is 52.9 Å². The van der Waals surface area contributed by atoms with Gasteiger partial charge in [0.25, 0.3) is 11.8 Å². The Hall–Kier alpha value is -7.26. The van der Waals surface area contributed by atoms with Crippen LogP contribution in [0.5, 0.6) is 23.0 Å². The Kier molecular flexibility index (Phi) is 15.7. The Morgan fingerprint density at radius 1 is 0.811 bits per heavy atom. The van der Waals surface area contributed by atoms with Gasteiger partial charge in [0, 0.05) is 72.3 Å². The SMILES string of the molecule is CNOCC(=O)NC(CSSC(C)(C)CCC(=O)Nc1cc(COc2cc3c(cc2OC)C(=O)N2c4ccccc4C[C@H]2C=N3)cc(COc2cc3c(cc2OC)C(=O)N2c4ccccc4C[C@H]2CN3)c1)C(=O)O. The van der Waals surface area contributed by atoms with Crippen molar-refractivity contribution in [2.75, 3.05) is 60.6 Å². The summed E-state index contributed by atoms with van der Waals surface area (Å²) in [5.74, 6) is -0.708.